The fraction of sp³-hybridized carbons (Fsp3) is 0.200. The van der Waals surface area contributed by atoms with Crippen LogP contribution in [0.4, 0.5) is 5.69 Å². The standard InChI is InChI=1S/C23H18Cl3NO3S.C2H4O3/c24-15-5-2-6-17(12-15)31(29,30)21-9-1-4-14-10-11-16(13-18(14)21)27-23(28)22-19(25)7-3-8-20(22)26;3-1-2(4)5/h2-3,5-8,10-13,21H,1,4,9H2,(H,27,28);3H,1H2,(H,4,5). The normalized spacial score (nSPS) is 14.7. The maximum Gasteiger partial charge on any atom is 0.329 e. The number of aliphatic hydroxyl groups is 1. The van der Waals surface area contributed by atoms with E-state index < -0.39 is 33.6 Å². The van der Waals surface area contributed by atoms with Crippen LogP contribution in [0.5, 0.6) is 0 Å². The molecule has 4 rings (SSSR count). The van der Waals surface area contributed by atoms with Crippen molar-refractivity contribution >= 4 is 62.2 Å². The number of nitrogens with one attached hydrogen (secondary N) is 1. The number of hydrogen-bond acceptors (Lipinski definition) is 5. The summed E-state index contributed by atoms with van der Waals surface area (Å²) in [6.45, 7) is -0.778. The summed E-state index contributed by atoms with van der Waals surface area (Å²) in [6, 6.07) is 16.5. The van der Waals surface area contributed by atoms with Crippen LogP contribution in [0, 0.1) is 0 Å². The van der Waals surface area contributed by atoms with Crippen molar-refractivity contribution in [1.29, 1.82) is 0 Å². The molecule has 0 fully saturated rings. The molecule has 0 radical (unpaired) electrons. The number of aliphatic hydroxyl groups excluding tert-OH is 1. The van der Waals surface area contributed by atoms with E-state index in [-0.39, 0.29) is 20.5 Å². The number of fused-ring (bicyclic) bond motifs is 1. The van der Waals surface area contributed by atoms with Crippen LogP contribution in [-0.4, -0.2) is 37.1 Å². The Bertz CT molecular complexity index is 1370. The molecule has 1 amide bonds. The van der Waals surface area contributed by atoms with Gasteiger partial charge in [0.15, 0.2) is 9.84 Å². The first kappa shape index (κ1) is 28.0. The third kappa shape index (κ3) is 6.57. The number of amides is 1. The summed E-state index contributed by atoms with van der Waals surface area (Å²) in [7, 11) is -3.65. The first-order valence-corrected chi connectivity index (χ1v) is 13.4. The van der Waals surface area contributed by atoms with E-state index in [2.05, 4.69) is 5.32 Å². The van der Waals surface area contributed by atoms with Gasteiger partial charge in [0, 0.05) is 10.7 Å². The van der Waals surface area contributed by atoms with Crippen LogP contribution in [-0.2, 0) is 21.1 Å². The minimum absolute atomic E-state index is 0.173. The molecule has 0 bridgehead atoms. The number of carbonyl (C=O) groups excluding carboxylic acids is 1. The molecule has 36 heavy (non-hydrogen) atoms. The Morgan fingerprint density at radius 3 is 2.22 bits per heavy atom. The predicted octanol–water partition coefficient (Wildman–Crippen LogP) is 5.81. The number of aliphatic carboxylic acids is 1. The molecular formula is C25H22Cl3NO6S. The van der Waals surface area contributed by atoms with Crippen molar-refractivity contribution in [3.05, 3.63) is 92.4 Å². The van der Waals surface area contributed by atoms with Gasteiger partial charge in [0.05, 0.1) is 25.8 Å². The van der Waals surface area contributed by atoms with E-state index in [0.717, 1.165) is 18.4 Å². The number of sulfone groups is 1. The summed E-state index contributed by atoms with van der Waals surface area (Å²) in [5.41, 5.74) is 2.30. The van der Waals surface area contributed by atoms with Gasteiger partial charge in [0.2, 0.25) is 0 Å². The molecule has 11 heteroatoms. The zero-order valence-corrected chi connectivity index (χ0v) is 21.8. The van der Waals surface area contributed by atoms with Crippen LogP contribution in [0.1, 0.15) is 39.6 Å². The van der Waals surface area contributed by atoms with Crippen LogP contribution >= 0.6 is 34.8 Å². The maximum absolute atomic E-state index is 13.4. The largest absolute Gasteiger partial charge is 0.480 e. The number of aryl methyl sites for hydroxylation is 1. The average Bonchev–Trinajstić information content (AvgIpc) is 2.84. The molecule has 1 aliphatic carbocycles. The zero-order valence-electron chi connectivity index (χ0n) is 18.7. The van der Waals surface area contributed by atoms with Crippen LogP contribution in [0.2, 0.25) is 15.1 Å². The van der Waals surface area contributed by atoms with E-state index in [1.807, 2.05) is 6.07 Å². The molecule has 0 saturated heterocycles. The van der Waals surface area contributed by atoms with Crippen molar-refractivity contribution < 1.29 is 28.2 Å². The van der Waals surface area contributed by atoms with Gasteiger partial charge in [0.1, 0.15) is 6.61 Å². The number of halogens is 3. The maximum atomic E-state index is 13.4. The third-order valence-electron chi connectivity index (χ3n) is 5.49. The predicted molar refractivity (Wildman–Crippen MR) is 140 cm³/mol. The van der Waals surface area contributed by atoms with Crippen LogP contribution < -0.4 is 5.32 Å². The van der Waals surface area contributed by atoms with Crippen molar-refractivity contribution in [2.45, 2.75) is 29.4 Å². The van der Waals surface area contributed by atoms with E-state index in [4.69, 9.17) is 49.8 Å². The number of hydrogen-bond donors (Lipinski definition) is 3. The second-order valence-electron chi connectivity index (χ2n) is 7.90. The first-order valence-electron chi connectivity index (χ1n) is 10.7. The Hall–Kier alpha value is -2.62. The quantitative estimate of drug-likeness (QED) is 0.356. The van der Waals surface area contributed by atoms with Crippen molar-refractivity contribution in [3.63, 3.8) is 0 Å². The highest BCUT2D eigenvalue weighted by molar-refractivity contribution is 7.91. The highest BCUT2D eigenvalue weighted by Gasteiger charge is 2.33. The summed E-state index contributed by atoms with van der Waals surface area (Å²) in [5, 5.41) is 17.9. The SMILES string of the molecule is O=C(Nc1ccc2c(c1)C(S(=O)(=O)c1cccc(Cl)c1)CCC2)c1c(Cl)cccc1Cl.O=C(O)CO. The monoisotopic (exact) mass is 569 g/mol. The Labute approximate surface area is 223 Å². The lowest BCUT2D eigenvalue weighted by Crippen LogP contribution is -2.20. The lowest BCUT2D eigenvalue weighted by molar-refractivity contribution is -0.140. The van der Waals surface area contributed by atoms with Gasteiger partial charge in [-0.2, -0.15) is 0 Å². The van der Waals surface area contributed by atoms with E-state index in [1.165, 1.54) is 6.07 Å². The second kappa shape index (κ2) is 12.1. The van der Waals surface area contributed by atoms with Gasteiger partial charge in [-0.3, -0.25) is 4.79 Å². The van der Waals surface area contributed by atoms with E-state index in [9.17, 15) is 13.2 Å². The molecule has 1 atom stereocenters. The van der Waals surface area contributed by atoms with Crippen molar-refractivity contribution in [1.82, 2.24) is 0 Å². The van der Waals surface area contributed by atoms with Crippen LogP contribution in [0.25, 0.3) is 0 Å². The molecule has 0 spiro atoms. The Morgan fingerprint density at radius 1 is 0.972 bits per heavy atom. The van der Waals surface area contributed by atoms with Crippen LogP contribution in [0.3, 0.4) is 0 Å². The number of rotatable bonds is 5. The van der Waals surface area contributed by atoms with Crippen molar-refractivity contribution in [2.24, 2.45) is 0 Å². The van der Waals surface area contributed by atoms with E-state index >= 15 is 0 Å². The van der Waals surface area contributed by atoms with E-state index in [0.29, 0.717) is 22.7 Å². The highest BCUT2D eigenvalue weighted by Crippen LogP contribution is 2.40. The number of carbonyl (C=O) groups is 2. The van der Waals surface area contributed by atoms with Gasteiger partial charge in [-0.25, -0.2) is 13.2 Å². The molecule has 3 aromatic carbocycles. The summed E-state index contributed by atoms with van der Waals surface area (Å²) in [5.74, 6) is -1.65. The highest BCUT2D eigenvalue weighted by atomic mass is 35.5. The van der Waals surface area contributed by atoms with Gasteiger partial charge in [-0.05, 0) is 72.9 Å². The second-order valence-corrected chi connectivity index (χ2v) is 11.3. The minimum Gasteiger partial charge on any atom is -0.480 e. The number of carboxylic acid groups (broad SMARTS) is 1. The first-order chi connectivity index (χ1) is 17.0. The lowest BCUT2D eigenvalue weighted by Gasteiger charge is -2.26. The summed E-state index contributed by atoms with van der Waals surface area (Å²) >= 11 is 18.3. The molecule has 0 saturated carbocycles. The Balaban J connectivity index is 0.000000658. The smallest absolute Gasteiger partial charge is 0.329 e. The molecule has 0 aromatic heterocycles. The van der Waals surface area contributed by atoms with Gasteiger partial charge >= 0.3 is 5.97 Å². The molecule has 0 heterocycles. The molecular weight excluding hydrogens is 549 g/mol. The summed E-state index contributed by atoms with van der Waals surface area (Å²) < 4.78 is 26.7. The molecule has 7 nitrogen and oxygen atoms in total. The fourth-order valence-electron chi connectivity index (χ4n) is 3.87. The molecule has 190 valence electrons. The number of benzene rings is 3. The lowest BCUT2D eigenvalue weighted by atomic mass is 9.91. The summed E-state index contributed by atoms with van der Waals surface area (Å²) in [6.07, 6.45) is 2.04. The molecule has 1 unspecified atom stereocenters. The van der Waals surface area contributed by atoms with Gasteiger partial charge in [-0.1, -0.05) is 53.0 Å². The Kier molecular flexibility index (Phi) is 9.38. The molecule has 0 aliphatic heterocycles. The number of carboxylic acids is 1. The zero-order chi connectivity index (χ0) is 26.5. The minimum atomic E-state index is -3.65. The van der Waals surface area contributed by atoms with Crippen molar-refractivity contribution in [2.75, 3.05) is 11.9 Å². The van der Waals surface area contributed by atoms with Gasteiger partial charge in [0.25, 0.3) is 5.91 Å². The summed E-state index contributed by atoms with van der Waals surface area (Å²) in [4.78, 5) is 22.1. The molecule has 1 aliphatic rings. The topological polar surface area (TPSA) is 121 Å². The molecule has 3 N–H and O–H groups in total. The average molecular weight is 571 g/mol. The van der Waals surface area contributed by atoms with Gasteiger partial charge < -0.3 is 15.5 Å². The van der Waals surface area contributed by atoms with E-state index in [1.54, 1.807) is 48.5 Å². The molecule has 3 aromatic rings. The Morgan fingerprint density at radius 2 is 1.61 bits per heavy atom. The van der Waals surface area contributed by atoms with Crippen molar-refractivity contribution in [3.8, 4) is 0 Å². The number of anilines is 1. The van der Waals surface area contributed by atoms with Gasteiger partial charge in [-0.15, -0.1) is 0 Å². The van der Waals surface area contributed by atoms with Crippen LogP contribution in [0.15, 0.2) is 65.6 Å². The fourth-order valence-corrected chi connectivity index (χ4v) is 6.62. The third-order valence-corrected chi connectivity index (χ3v) is 8.50.